The second kappa shape index (κ2) is 6.55. The maximum absolute atomic E-state index is 12.6. The summed E-state index contributed by atoms with van der Waals surface area (Å²) in [7, 11) is 1.73. The van der Waals surface area contributed by atoms with Crippen molar-refractivity contribution in [3.63, 3.8) is 0 Å². The molecule has 1 heterocycles. The highest BCUT2D eigenvalue weighted by Crippen LogP contribution is 2.17. The zero-order valence-electron chi connectivity index (χ0n) is 12.2. The third-order valence-corrected chi connectivity index (χ3v) is 3.92. The average molecular weight is 274 g/mol. The highest BCUT2D eigenvalue weighted by atomic mass is 16.2. The minimum atomic E-state index is -0.352. The van der Waals surface area contributed by atoms with Gasteiger partial charge in [-0.25, -0.2) is 0 Å². The number of nitrogens with zero attached hydrogens (tertiary/aromatic N) is 1. The molecule has 108 valence electrons. The summed E-state index contributed by atoms with van der Waals surface area (Å²) in [5, 5.41) is 2.88. The van der Waals surface area contributed by atoms with E-state index in [2.05, 4.69) is 5.32 Å². The van der Waals surface area contributed by atoms with Crippen LogP contribution in [-0.2, 0) is 11.2 Å². The first kappa shape index (κ1) is 14.6. The van der Waals surface area contributed by atoms with Crippen molar-refractivity contribution >= 4 is 11.8 Å². The van der Waals surface area contributed by atoms with Gasteiger partial charge in [-0.15, -0.1) is 0 Å². The van der Waals surface area contributed by atoms with Gasteiger partial charge in [0.1, 0.15) is 6.04 Å². The van der Waals surface area contributed by atoms with Crippen molar-refractivity contribution in [1.29, 1.82) is 0 Å². The Bertz CT molecular complexity index is 499. The van der Waals surface area contributed by atoms with E-state index in [1.54, 1.807) is 11.9 Å². The molecule has 1 unspecified atom stereocenters. The van der Waals surface area contributed by atoms with Crippen LogP contribution in [0.25, 0.3) is 0 Å². The van der Waals surface area contributed by atoms with E-state index in [-0.39, 0.29) is 17.9 Å². The quantitative estimate of drug-likeness (QED) is 0.916. The van der Waals surface area contributed by atoms with Crippen LogP contribution in [0.4, 0.5) is 0 Å². The smallest absolute Gasteiger partial charge is 0.254 e. The lowest BCUT2D eigenvalue weighted by molar-refractivity contribution is -0.125. The highest BCUT2D eigenvalue weighted by Gasteiger charge is 2.29. The van der Waals surface area contributed by atoms with Crippen molar-refractivity contribution in [2.24, 2.45) is 0 Å². The summed E-state index contributed by atoms with van der Waals surface area (Å²) >= 11 is 0. The summed E-state index contributed by atoms with van der Waals surface area (Å²) < 4.78 is 0. The Morgan fingerprint density at radius 3 is 2.85 bits per heavy atom. The van der Waals surface area contributed by atoms with Gasteiger partial charge in [-0.05, 0) is 37.3 Å². The zero-order chi connectivity index (χ0) is 14.5. The van der Waals surface area contributed by atoms with Gasteiger partial charge in [0.25, 0.3) is 5.91 Å². The SMILES string of the molecule is CCc1ccccc1C(=O)N(C)C1CCCCNC1=O. The zero-order valence-corrected chi connectivity index (χ0v) is 12.2. The Labute approximate surface area is 120 Å². The highest BCUT2D eigenvalue weighted by molar-refractivity contribution is 5.98. The molecule has 20 heavy (non-hydrogen) atoms. The number of carbonyl (C=O) groups excluding carboxylic acids is 2. The molecule has 1 fully saturated rings. The van der Waals surface area contributed by atoms with Gasteiger partial charge in [0, 0.05) is 19.2 Å². The van der Waals surface area contributed by atoms with Crippen LogP contribution in [0.2, 0.25) is 0 Å². The van der Waals surface area contributed by atoms with Gasteiger partial charge in [0.15, 0.2) is 0 Å². The number of hydrogen-bond donors (Lipinski definition) is 1. The Balaban J connectivity index is 2.21. The number of benzene rings is 1. The molecule has 0 bridgehead atoms. The Hall–Kier alpha value is -1.84. The number of aryl methyl sites for hydroxylation is 1. The van der Waals surface area contributed by atoms with E-state index < -0.39 is 0 Å². The second-order valence-electron chi connectivity index (χ2n) is 5.23. The number of carbonyl (C=O) groups is 2. The van der Waals surface area contributed by atoms with E-state index in [9.17, 15) is 9.59 Å². The molecule has 0 saturated carbocycles. The monoisotopic (exact) mass is 274 g/mol. The standard InChI is InChI=1S/C16H22N2O2/c1-3-12-8-4-5-9-13(12)16(20)18(2)14-10-6-7-11-17-15(14)19/h4-5,8-9,14H,3,6-7,10-11H2,1-2H3,(H,17,19). The molecule has 1 aliphatic heterocycles. The lowest BCUT2D eigenvalue weighted by Crippen LogP contribution is -2.46. The molecule has 0 spiro atoms. The molecule has 1 atom stereocenters. The summed E-state index contributed by atoms with van der Waals surface area (Å²) in [6.45, 7) is 2.74. The van der Waals surface area contributed by atoms with Crippen LogP contribution in [-0.4, -0.2) is 36.3 Å². The fourth-order valence-electron chi connectivity index (χ4n) is 2.66. The van der Waals surface area contributed by atoms with Crippen molar-refractivity contribution in [2.45, 2.75) is 38.6 Å². The average Bonchev–Trinajstić information content (AvgIpc) is 2.70. The number of rotatable bonds is 3. The predicted octanol–water partition coefficient (Wildman–Crippen LogP) is 1.99. The minimum Gasteiger partial charge on any atom is -0.354 e. The molecule has 1 aromatic carbocycles. The van der Waals surface area contributed by atoms with Crippen molar-refractivity contribution < 1.29 is 9.59 Å². The van der Waals surface area contributed by atoms with Gasteiger partial charge in [0.2, 0.25) is 5.91 Å². The third-order valence-electron chi connectivity index (χ3n) is 3.92. The molecule has 0 aliphatic carbocycles. The molecular formula is C16H22N2O2. The summed E-state index contributed by atoms with van der Waals surface area (Å²) in [5.41, 5.74) is 1.73. The first-order valence-corrected chi connectivity index (χ1v) is 7.28. The first-order valence-electron chi connectivity index (χ1n) is 7.28. The fourth-order valence-corrected chi connectivity index (χ4v) is 2.66. The molecule has 0 aromatic heterocycles. The van der Waals surface area contributed by atoms with Gasteiger partial charge in [-0.3, -0.25) is 9.59 Å². The molecule has 4 heteroatoms. The molecule has 1 aliphatic rings. The Morgan fingerprint density at radius 2 is 2.10 bits per heavy atom. The second-order valence-corrected chi connectivity index (χ2v) is 5.23. The Morgan fingerprint density at radius 1 is 1.35 bits per heavy atom. The summed E-state index contributed by atoms with van der Waals surface area (Å²) in [6.07, 6.45) is 3.50. The number of likely N-dealkylation sites (N-methyl/N-ethyl adjacent to an activating group) is 1. The lowest BCUT2D eigenvalue weighted by atomic mass is 10.0. The predicted molar refractivity (Wildman–Crippen MR) is 78.6 cm³/mol. The van der Waals surface area contributed by atoms with E-state index in [0.29, 0.717) is 12.1 Å². The van der Waals surface area contributed by atoms with Gasteiger partial charge < -0.3 is 10.2 Å². The van der Waals surface area contributed by atoms with E-state index in [0.717, 1.165) is 31.2 Å². The number of amides is 2. The molecular weight excluding hydrogens is 252 g/mol. The lowest BCUT2D eigenvalue weighted by Gasteiger charge is -2.26. The van der Waals surface area contributed by atoms with E-state index >= 15 is 0 Å². The normalized spacial score (nSPS) is 19.1. The molecule has 1 aromatic rings. The third kappa shape index (κ3) is 3.00. The van der Waals surface area contributed by atoms with E-state index in [1.807, 2.05) is 31.2 Å². The summed E-state index contributed by atoms with van der Waals surface area (Å²) in [6, 6.07) is 7.26. The summed E-state index contributed by atoms with van der Waals surface area (Å²) in [4.78, 5) is 26.3. The van der Waals surface area contributed by atoms with Crippen LogP contribution in [0, 0.1) is 0 Å². The molecule has 4 nitrogen and oxygen atoms in total. The topological polar surface area (TPSA) is 49.4 Å². The van der Waals surface area contributed by atoms with Crippen molar-refractivity contribution in [3.05, 3.63) is 35.4 Å². The summed E-state index contributed by atoms with van der Waals surface area (Å²) in [5.74, 6) is -0.100. The number of nitrogens with one attached hydrogen (secondary N) is 1. The van der Waals surface area contributed by atoms with Crippen LogP contribution in [0.5, 0.6) is 0 Å². The van der Waals surface area contributed by atoms with Gasteiger partial charge >= 0.3 is 0 Å². The van der Waals surface area contributed by atoms with Gasteiger partial charge in [-0.1, -0.05) is 25.1 Å². The molecule has 0 radical (unpaired) electrons. The van der Waals surface area contributed by atoms with E-state index in [4.69, 9.17) is 0 Å². The van der Waals surface area contributed by atoms with Crippen LogP contribution < -0.4 is 5.32 Å². The molecule has 1 saturated heterocycles. The van der Waals surface area contributed by atoms with Crippen LogP contribution in [0.15, 0.2) is 24.3 Å². The largest absolute Gasteiger partial charge is 0.354 e. The van der Waals surface area contributed by atoms with Crippen LogP contribution in [0.3, 0.4) is 0 Å². The molecule has 2 rings (SSSR count). The van der Waals surface area contributed by atoms with Gasteiger partial charge in [0.05, 0.1) is 0 Å². The maximum Gasteiger partial charge on any atom is 0.254 e. The molecule has 2 amide bonds. The first-order chi connectivity index (χ1) is 9.65. The van der Waals surface area contributed by atoms with Crippen LogP contribution in [0.1, 0.15) is 42.1 Å². The Kier molecular flexibility index (Phi) is 4.77. The van der Waals surface area contributed by atoms with Crippen molar-refractivity contribution in [3.8, 4) is 0 Å². The fraction of sp³-hybridized carbons (Fsp3) is 0.500. The van der Waals surface area contributed by atoms with Gasteiger partial charge in [-0.2, -0.15) is 0 Å². The van der Waals surface area contributed by atoms with Crippen LogP contribution >= 0.6 is 0 Å². The molecule has 1 N–H and O–H groups in total. The minimum absolute atomic E-state index is 0.0349. The van der Waals surface area contributed by atoms with E-state index in [1.165, 1.54) is 0 Å². The van der Waals surface area contributed by atoms with Crippen molar-refractivity contribution in [1.82, 2.24) is 10.2 Å². The maximum atomic E-state index is 12.6. The number of hydrogen-bond acceptors (Lipinski definition) is 2. The van der Waals surface area contributed by atoms with Crippen molar-refractivity contribution in [2.75, 3.05) is 13.6 Å².